The third-order valence-electron chi connectivity index (χ3n) is 0.684. The molecule has 0 amide bonds. The Hall–Kier alpha value is -1.09. The van der Waals surface area contributed by atoms with Crippen LogP contribution < -0.4 is 11.5 Å². The van der Waals surface area contributed by atoms with Crippen molar-refractivity contribution in [3.8, 4) is 0 Å². The maximum absolute atomic E-state index is 5.30. The van der Waals surface area contributed by atoms with Gasteiger partial charge in [-0.25, -0.2) is 0 Å². The number of rotatable bonds is 0. The summed E-state index contributed by atoms with van der Waals surface area (Å²) >= 11 is 0. The molecule has 1 rings (SSSR count). The van der Waals surface area contributed by atoms with Crippen molar-refractivity contribution < 1.29 is 0 Å². The first-order chi connectivity index (χ1) is 5.39. The number of nitrogen functional groups attached to an aromatic ring is 1. The van der Waals surface area contributed by atoms with E-state index >= 15 is 0 Å². The molecule has 0 atom stereocenters. The first-order valence-corrected chi connectivity index (χ1v) is 3.63. The quantitative estimate of drug-likeness (QED) is 0.593. The number of pyridine rings is 1. The molecule has 1 aromatic heterocycles. The second-order valence-corrected chi connectivity index (χ2v) is 1.29. The van der Waals surface area contributed by atoms with Gasteiger partial charge < -0.3 is 11.5 Å². The Balaban J connectivity index is 0. The first kappa shape index (κ1) is 12.6. The van der Waals surface area contributed by atoms with E-state index in [1.807, 2.05) is 13.8 Å². The number of anilines is 1. The molecule has 0 aromatic carbocycles. The first-order valence-electron chi connectivity index (χ1n) is 3.63. The Bertz CT molecular complexity index is 139. The van der Waals surface area contributed by atoms with Crippen LogP contribution in [0.2, 0.25) is 0 Å². The summed E-state index contributed by atoms with van der Waals surface area (Å²) in [5, 5.41) is 0. The van der Waals surface area contributed by atoms with Gasteiger partial charge in [0, 0.05) is 12.4 Å². The van der Waals surface area contributed by atoms with E-state index in [0.29, 0.717) is 5.69 Å². The van der Waals surface area contributed by atoms with Gasteiger partial charge in [-0.15, -0.1) is 0 Å². The zero-order valence-electron chi connectivity index (χ0n) is 7.41. The Labute approximate surface area is 68.4 Å². The molecule has 1 aromatic rings. The Morgan fingerprint density at radius 3 is 2.00 bits per heavy atom. The molecule has 0 aliphatic carbocycles. The summed E-state index contributed by atoms with van der Waals surface area (Å²) in [4.78, 5) is 3.76. The summed E-state index contributed by atoms with van der Waals surface area (Å²) in [5.74, 6) is 0. The number of hydrogen-bond donors (Lipinski definition) is 2. The molecule has 0 radical (unpaired) electrons. The van der Waals surface area contributed by atoms with E-state index in [-0.39, 0.29) is 0 Å². The van der Waals surface area contributed by atoms with Crippen molar-refractivity contribution >= 4 is 5.69 Å². The van der Waals surface area contributed by atoms with Crippen molar-refractivity contribution in [2.75, 3.05) is 12.8 Å². The summed E-state index contributed by atoms with van der Waals surface area (Å²) in [6.45, 7) is 4.00. The molecule has 0 bridgehead atoms. The van der Waals surface area contributed by atoms with Gasteiger partial charge in [0.25, 0.3) is 0 Å². The predicted molar refractivity (Wildman–Crippen MR) is 50.1 cm³/mol. The molecular weight excluding hydrogens is 138 g/mol. The minimum Gasteiger partial charge on any atom is -0.397 e. The lowest BCUT2D eigenvalue weighted by atomic mass is 10.4. The van der Waals surface area contributed by atoms with Crippen molar-refractivity contribution in [2.24, 2.45) is 5.73 Å². The van der Waals surface area contributed by atoms with Crippen molar-refractivity contribution in [3.63, 3.8) is 0 Å². The van der Waals surface area contributed by atoms with Gasteiger partial charge >= 0.3 is 0 Å². The van der Waals surface area contributed by atoms with Gasteiger partial charge in [-0.05, 0) is 19.2 Å². The lowest BCUT2D eigenvalue weighted by molar-refractivity contribution is 1.33. The minimum absolute atomic E-state index is 0.711. The van der Waals surface area contributed by atoms with Crippen LogP contribution in [-0.4, -0.2) is 12.0 Å². The molecule has 0 aliphatic rings. The van der Waals surface area contributed by atoms with Crippen LogP contribution >= 0.6 is 0 Å². The van der Waals surface area contributed by atoms with Crippen molar-refractivity contribution in [3.05, 3.63) is 24.5 Å². The van der Waals surface area contributed by atoms with Crippen LogP contribution in [0.4, 0.5) is 5.69 Å². The van der Waals surface area contributed by atoms with Crippen molar-refractivity contribution in [1.82, 2.24) is 4.98 Å². The monoisotopic (exact) mass is 155 g/mol. The lowest BCUT2D eigenvalue weighted by Gasteiger charge is -1.83. The predicted octanol–water partition coefficient (Wildman–Crippen LogP) is 1.26. The van der Waals surface area contributed by atoms with E-state index in [9.17, 15) is 0 Å². The van der Waals surface area contributed by atoms with Crippen molar-refractivity contribution in [1.29, 1.82) is 0 Å². The maximum atomic E-state index is 5.30. The number of aromatic nitrogens is 1. The molecule has 0 unspecified atom stereocenters. The second kappa shape index (κ2) is 11.7. The SMILES string of the molecule is CC.CN.Nc1cccnc1. The molecule has 11 heavy (non-hydrogen) atoms. The molecule has 64 valence electrons. The van der Waals surface area contributed by atoms with Gasteiger partial charge in [-0.3, -0.25) is 4.98 Å². The van der Waals surface area contributed by atoms with Gasteiger partial charge in [-0.2, -0.15) is 0 Å². The van der Waals surface area contributed by atoms with Crippen LogP contribution in [0.3, 0.4) is 0 Å². The molecule has 0 spiro atoms. The third-order valence-corrected chi connectivity index (χ3v) is 0.684. The van der Waals surface area contributed by atoms with Gasteiger partial charge in [0.1, 0.15) is 0 Å². The highest BCUT2D eigenvalue weighted by Gasteiger charge is 1.73. The summed E-state index contributed by atoms with van der Waals surface area (Å²) in [6, 6.07) is 3.60. The molecule has 4 N–H and O–H groups in total. The number of hydrogen-bond acceptors (Lipinski definition) is 3. The number of nitrogens with two attached hydrogens (primary N) is 2. The Morgan fingerprint density at radius 1 is 1.27 bits per heavy atom. The van der Waals surface area contributed by atoms with Crippen LogP contribution in [0.25, 0.3) is 0 Å². The molecule has 1 heterocycles. The van der Waals surface area contributed by atoms with E-state index < -0.39 is 0 Å². The van der Waals surface area contributed by atoms with Crippen LogP contribution in [0.1, 0.15) is 13.8 Å². The highest BCUT2D eigenvalue weighted by molar-refractivity contribution is 5.32. The van der Waals surface area contributed by atoms with Crippen LogP contribution in [0, 0.1) is 0 Å². The van der Waals surface area contributed by atoms with Gasteiger partial charge in [0.15, 0.2) is 0 Å². The standard InChI is InChI=1S/C5H6N2.C2H6.CH5N/c6-5-2-1-3-7-4-5;2*1-2/h1-4H,6H2;1-2H3;2H2,1H3. The molecule has 0 saturated carbocycles. The zero-order valence-corrected chi connectivity index (χ0v) is 7.41. The fourth-order valence-corrected chi connectivity index (χ4v) is 0.376. The molecule has 3 heteroatoms. The second-order valence-electron chi connectivity index (χ2n) is 1.29. The van der Waals surface area contributed by atoms with Crippen molar-refractivity contribution in [2.45, 2.75) is 13.8 Å². The number of nitrogens with zero attached hydrogens (tertiary/aromatic N) is 1. The van der Waals surface area contributed by atoms with E-state index in [4.69, 9.17) is 5.73 Å². The average Bonchev–Trinajstić information content (AvgIpc) is 2.13. The topological polar surface area (TPSA) is 64.9 Å². The molecule has 0 fully saturated rings. The molecule has 0 saturated heterocycles. The molecule has 0 aliphatic heterocycles. The Kier molecular flexibility index (Phi) is 13.3. The average molecular weight is 155 g/mol. The summed E-state index contributed by atoms with van der Waals surface area (Å²) in [5.41, 5.74) is 10.5. The largest absolute Gasteiger partial charge is 0.397 e. The summed E-state index contributed by atoms with van der Waals surface area (Å²) in [6.07, 6.45) is 3.30. The zero-order chi connectivity index (χ0) is 9.11. The lowest BCUT2D eigenvalue weighted by Crippen LogP contribution is -1.82. The highest BCUT2D eigenvalue weighted by atomic mass is 14.7. The van der Waals surface area contributed by atoms with E-state index in [2.05, 4.69) is 10.7 Å². The fraction of sp³-hybridized carbons (Fsp3) is 0.375. The smallest absolute Gasteiger partial charge is 0.0500 e. The van der Waals surface area contributed by atoms with E-state index in [1.165, 1.54) is 7.05 Å². The summed E-state index contributed by atoms with van der Waals surface area (Å²) < 4.78 is 0. The maximum Gasteiger partial charge on any atom is 0.0500 e. The molecule has 3 nitrogen and oxygen atoms in total. The minimum atomic E-state index is 0.711. The normalized spacial score (nSPS) is 6.55. The van der Waals surface area contributed by atoms with E-state index in [1.54, 1.807) is 24.5 Å². The van der Waals surface area contributed by atoms with Gasteiger partial charge in [-0.1, -0.05) is 13.8 Å². The van der Waals surface area contributed by atoms with Crippen LogP contribution in [0.15, 0.2) is 24.5 Å². The van der Waals surface area contributed by atoms with Gasteiger partial charge in [0.05, 0.1) is 5.69 Å². The summed E-state index contributed by atoms with van der Waals surface area (Å²) in [7, 11) is 1.50. The Morgan fingerprint density at radius 2 is 1.82 bits per heavy atom. The fourth-order valence-electron chi connectivity index (χ4n) is 0.376. The third kappa shape index (κ3) is 8.91. The van der Waals surface area contributed by atoms with Gasteiger partial charge in [0.2, 0.25) is 0 Å². The van der Waals surface area contributed by atoms with Crippen LogP contribution in [0.5, 0.6) is 0 Å². The van der Waals surface area contributed by atoms with Crippen LogP contribution in [-0.2, 0) is 0 Å². The highest BCUT2D eigenvalue weighted by Crippen LogP contribution is 1.92. The molecular formula is C8H17N3. The van der Waals surface area contributed by atoms with E-state index in [0.717, 1.165) is 0 Å².